The molecule has 0 bridgehead atoms. The Balaban J connectivity index is 1.96. The summed E-state index contributed by atoms with van der Waals surface area (Å²) in [7, 11) is 5.13. The third-order valence-corrected chi connectivity index (χ3v) is 6.46. The van der Waals surface area contributed by atoms with Crippen LogP contribution in [-0.4, -0.2) is 74.7 Å². The van der Waals surface area contributed by atoms with Crippen molar-refractivity contribution in [1.82, 2.24) is 9.80 Å². The van der Waals surface area contributed by atoms with E-state index in [2.05, 4.69) is 30.1 Å². The maximum absolute atomic E-state index is 13.4. The van der Waals surface area contributed by atoms with Crippen LogP contribution in [0, 0.1) is 5.92 Å². The molecule has 0 spiro atoms. The van der Waals surface area contributed by atoms with Crippen LogP contribution < -0.4 is 14.8 Å². The Morgan fingerprint density at radius 3 is 2.57 bits per heavy atom. The van der Waals surface area contributed by atoms with Crippen molar-refractivity contribution < 1.29 is 23.8 Å². The predicted molar refractivity (Wildman–Crippen MR) is 136 cm³/mol. The molecule has 8 heteroatoms. The number of carbonyl (C=O) groups is 2. The Morgan fingerprint density at radius 1 is 1.14 bits per heavy atom. The van der Waals surface area contributed by atoms with Gasteiger partial charge >= 0.3 is 0 Å². The van der Waals surface area contributed by atoms with Gasteiger partial charge in [0.25, 0.3) is 5.91 Å². The molecule has 0 radical (unpaired) electrons. The minimum Gasteiger partial charge on any atom is -0.496 e. The summed E-state index contributed by atoms with van der Waals surface area (Å²) in [4.78, 5) is 28.9. The number of hydrogen-bond donors (Lipinski definition) is 1. The van der Waals surface area contributed by atoms with Crippen molar-refractivity contribution in [3.05, 3.63) is 53.6 Å². The highest BCUT2D eigenvalue weighted by Crippen LogP contribution is 2.27. The summed E-state index contributed by atoms with van der Waals surface area (Å²) >= 11 is 0. The van der Waals surface area contributed by atoms with Gasteiger partial charge in [-0.05, 0) is 37.1 Å². The quantitative estimate of drug-likeness (QED) is 0.699. The first kappa shape index (κ1) is 26.5. The lowest BCUT2D eigenvalue weighted by Gasteiger charge is -2.36. The second kappa shape index (κ2) is 12.0. The first-order valence-corrected chi connectivity index (χ1v) is 11.9. The number of ether oxygens (including phenoxy) is 3. The van der Waals surface area contributed by atoms with E-state index >= 15 is 0 Å². The number of benzene rings is 2. The van der Waals surface area contributed by atoms with Crippen molar-refractivity contribution in [3.63, 3.8) is 0 Å². The molecule has 35 heavy (non-hydrogen) atoms. The van der Waals surface area contributed by atoms with E-state index in [0.717, 1.165) is 17.9 Å². The zero-order chi connectivity index (χ0) is 25.5. The minimum absolute atomic E-state index is 0.0509. The summed E-state index contributed by atoms with van der Waals surface area (Å²) in [6, 6.07) is 13.2. The maximum Gasteiger partial charge on any atom is 0.257 e. The summed E-state index contributed by atoms with van der Waals surface area (Å²) < 4.78 is 17.6. The zero-order valence-electron chi connectivity index (χ0n) is 21.5. The smallest absolute Gasteiger partial charge is 0.257 e. The molecule has 2 amide bonds. The second-order valence-electron chi connectivity index (χ2n) is 9.23. The fourth-order valence-corrected chi connectivity index (χ4v) is 4.41. The molecule has 0 fully saturated rings. The Kier molecular flexibility index (Phi) is 9.12. The van der Waals surface area contributed by atoms with Gasteiger partial charge in [0.05, 0.1) is 18.8 Å². The normalized spacial score (nSPS) is 21.8. The maximum atomic E-state index is 13.4. The van der Waals surface area contributed by atoms with E-state index in [1.807, 2.05) is 18.2 Å². The molecule has 1 aliphatic heterocycles. The van der Waals surface area contributed by atoms with Crippen molar-refractivity contribution in [2.24, 2.45) is 5.92 Å². The number of rotatable bonds is 5. The fourth-order valence-electron chi connectivity index (χ4n) is 4.41. The minimum atomic E-state index is -0.200. The number of likely N-dealkylation sites (N-methyl/N-ethyl adjacent to an activating group) is 1. The van der Waals surface area contributed by atoms with Crippen LogP contribution in [0.5, 0.6) is 11.5 Å². The van der Waals surface area contributed by atoms with Crippen molar-refractivity contribution in [3.8, 4) is 11.5 Å². The van der Waals surface area contributed by atoms with Crippen LogP contribution in [0.25, 0.3) is 0 Å². The van der Waals surface area contributed by atoms with Crippen molar-refractivity contribution in [2.45, 2.75) is 39.5 Å². The zero-order valence-corrected chi connectivity index (χ0v) is 21.5. The number of nitrogens with one attached hydrogen (secondary N) is 1. The van der Waals surface area contributed by atoms with E-state index < -0.39 is 0 Å². The average Bonchev–Trinajstić information content (AvgIpc) is 2.84. The van der Waals surface area contributed by atoms with Gasteiger partial charge in [-0.25, -0.2) is 0 Å². The van der Waals surface area contributed by atoms with Crippen LogP contribution in [0.15, 0.2) is 42.5 Å². The Labute approximate surface area is 208 Å². The number of methoxy groups -OCH3 is 2. The number of carbonyl (C=O) groups excluding carboxylic acids is 2. The molecule has 190 valence electrons. The highest BCUT2D eigenvalue weighted by Gasteiger charge is 2.29. The second-order valence-corrected chi connectivity index (χ2v) is 9.23. The molecule has 1 N–H and O–H groups in total. The topological polar surface area (TPSA) is 80.3 Å². The lowest BCUT2D eigenvalue weighted by atomic mass is 10.0. The fraction of sp³-hybridized carbons (Fsp3) is 0.481. The first-order chi connectivity index (χ1) is 16.7. The van der Waals surface area contributed by atoms with Crippen molar-refractivity contribution in [1.29, 1.82) is 0 Å². The Hall–Kier alpha value is -3.10. The average molecular weight is 484 g/mol. The van der Waals surface area contributed by atoms with Gasteiger partial charge in [0.1, 0.15) is 18.1 Å². The predicted octanol–water partition coefficient (Wildman–Crippen LogP) is 3.66. The molecule has 8 nitrogen and oxygen atoms in total. The van der Waals surface area contributed by atoms with Gasteiger partial charge in [-0.2, -0.15) is 0 Å². The van der Waals surface area contributed by atoms with Gasteiger partial charge in [-0.3, -0.25) is 14.5 Å². The number of amides is 2. The third kappa shape index (κ3) is 6.74. The molecule has 3 rings (SSSR count). The summed E-state index contributed by atoms with van der Waals surface area (Å²) in [6.07, 6.45) is -0.154. The van der Waals surface area contributed by atoms with Gasteiger partial charge in [-0.15, -0.1) is 0 Å². The van der Waals surface area contributed by atoms with Crippen molar-refractivity contribution >= 4 is 17.5 Å². The van der Waals surface area contributed by atoms with E-state index in [4.69, 9.17) is 14.2 Å². The molecule has 3 atom stereocenters. The van der Waals surface area contributed by atoms with Gasteiger partial charge < -0.3 is 24.4 Å². The molecular formula is C27H37N3O5. The van der Waals surface area contributed by atoms with E-state index in [-0.39, 0.29) is 29.9 Å². The van der Waals surface area contributed by atoms with Crippen LogP contribution >= 0.6 is 0 Å². The molecule has 1 aliphatic rings. The third-order valence-electron chi connectivity index (χ3n) is 6.46. The molecule has 0 saturated carbocycles. The monoisotopic (exact) mass is 483 g/mol. The molecule has 0 saturated heterocycles. The number of nitrogens with zero attached hydrogens (tertiary/aromatic N) is 2. The van der Waals surface area contributed by atoms with Crippen LogP contribution in [0.1, 0.15) is 36.7 Å². The van der Waals surface area contributed by atoms with Crippen molar-refractivity contribution in [2.75, 3.05) is 46.3 Å². The number of para-hydroxylation sites is 1. The van der Waals surface area contributed by atoms with Gasteiger partial charge in [0.15, 0.2) is 0 Å². The first-order valence-electron chi connectivity index (χ1n) is 11.9. The van der Waals surface area contributed by atoms with E-state index in [1.165, 1.54) is 6.92 Å². The SMILES string of the molecule is COc1ccccc1CN1C[C@@H](C)[C@@H](OC)CN(C)C(=O)c2cc(NC(C)=O)ccc2OC[C@@H]1C. The number of fused-ring (bicyclic) bond motifs is 1. The summed E-state index contributed by atoms with van der Waals surface area (Å²) in [6.45, 7) is 7.97. The van der Waals surface area contributed by atoms with Crippen LogP contribution in [0.2, 0.25) is 0 Å². The van der Waals surface area contributed by atoms with Gasteiger partial charge in [0.2, 0.25) is 5.91 Å². The van der Waals surface area contributed by atoms with E-state index in [0.29, 0.717) is 36.7 Å². The van der Waals surface area contributed by atoms with Crippen LogP contribution in [-0.2, 0) is 16.1 Å². The Morgan fingerprint density at radius 2 is 1.89 bits per heavy atom. The molecule has 0 aromatic heterocycles. The summed E-state index contributed by atoms with van der Waals surface area (Å²) in [5.41, 5.74) is 2.06. The van der Waals surface area contributed by atoms with Gasteiger partial charge in [0, 0.05) is 58.0 Å². The molecular weight excluding hydrogens is 446 g/mol. The highest BCUT2D eigenvalue weighted by atomic mass is 16.5. The summed E-state index contributed by atoms with van der Waals surface area (Å²) in [5, 5.41) is 2.75. The molecule has 2 aromatic rings. The number of anilines is 1. The largest absolute Gasteiger partial charge is 0.496 e. The lowest BCUT2D eigenvalue weighted by molar-refractivity contribution is -0.114. The lowest BCUT2D eigenvalue weighted by Crippen LogP contribution is -2.46. The summed E-state index contributed by atoms with van der Waals surface area (Å²) in [5.74, 6) is 1.11. The molecule has 0 unspecified atom stereocenters. The van der Waals surface area contributed by atoms with Crippen LogP contribution in [0.4, 0.5) is 5.69 Å². The molecule has 1 heterocycles. The molecule has 0 aliphatic carbocycles. The standard InChI is InChI=1S/C27H37N3O5/c1-18-14-30(15-21-9-7-8-10-24(21)33-5)19(2)17-35-25-12-11-22(28-20(3)31)13-23(25)27(32)29(4)16-26(18)34-6/h7-13,18-19,26H,14-17H2,1-6H3,(H,28,31)/t18-,19+,26+/m1/s1. The van der Waals surface area contributed by atoms with Crippen LogP contribution in [0.3, 0.4) is 0 Å². The number of hydrogen-bond acceptors (Lipinski definition) is 6. The molecule has 2 aromatic carbocycles. The van der Waals surface area contributed by atoms with E-state index in [9.17, 15) is 9.59 Å². The van der Waals surface area contributed by atoms with Gasteiger partial charge in [-0.1, -0.05) is 25.1 Å². The van der Waals surface area contributed by atoms with E-state index in [1.54, 1.807) is 44.4 Å². The Bertz CT molecular complexity index is 1030. The highest BCUT2D eigenvalue weighted by molar-refractivity contribution is 5.99.